The summed E-state index contributed by atoms with van der Waals surface area (Å²) >= 11 is 0. The first-order valence-electron chi connectivity index (χ1n) is 4.84. The Balaban J connectivity index is 2.13. The van der Waals surface area contributed by atoms with Gasteiger partial charge in [0.25, 0.3) is 5.69 Å². The summed E-state index contributed by atoms with van der Waals surface area (Å²) in [7, 11) is 0. The molecule has 0 amide bonds. The number of benzene rings is 1. The lowest BCUT2D eigenvalue weighted by Gasteiger charge is -2.02. The van der Waals surface area contributed by atoms with Gasteiger partial charge in [-0.3, -0.25) is 10.1 Å². The van der Waals surface area contributed by atoms with Crippen LogP contribution in [0, 0.1) is 10.1 Å². The van der Waals surface area contributed by atoms with Gasteiger partial charge in [-0.25, -0.2) is 0 Å². The molecular weight excluding hydrogens is 239 g/mol. The topological polar surface area (TPSA) is 55.7 Å². The van der Waals surface area contributed by atoms with Gasteiger partial charge >= 0.3 is 6.18 Å². The standard InChI is InChI=1S/C10H8F3NO3/c11-10(12,13)5-8-9(17-8)6-3-1-2-4-7(6)14(15)16/h1-4,8-9H,5H2/t8-,9-/m1/s1. The lowest BCUT2D eigenvalue weighted by molar-refractivity contribution is -0.385. The second kappa shape index (κ2) is 3.99. The number of hydrogen-bond acceptors (Lipinski definition) is 3. The maximum Gasteiger partial charge on any atom is 0.391 e. The van der Waals surface area contributed by atoms with E-state index in [-0.39, 0.29) is 11.3 Å². The summed E-state index contributed by atoms with van der Waals surface area (Å²) < 4.78 is 41.1. The molecule has 2 atom stereocenters. The smallest absolute Gasteiger partial charge is 0.364 e. The summed E-state index contributed by atoms with van der Waals surface area (Å²) in [6.45, 7) is 0. The molecule has 92 valence electrons. The summed E-state index contributed by atoms with van der Waals surface area (Å²) in [6, 6.07) is 5.66. The van der Waals surface area contributed by atoms with Crippen LogP contribution in [0.1, 0.15) is 18.1 Å². The third kappa shape index (κ3) is 2.73. The zero-order valence-electron chi connectivity index (χ0n) is 8.48. The molecule has 1 saturated heterocycles. The van der Waals surface area contributed by atoms with Crippen molar-refractivity contribution in [3.8, 4) is 0 Å². The van der Waals surface area contributed by atoms with Crippen molar-refractivity contribution in [2.24, 2.45) is 0 Å². The van der Waals surface area contributed by atoms with Crippen molar-refractivity contribution in [1.82, 2.24) is 0 Å². The molecule has 1 aromatic rings. The number of alkyl halides is 3. The van der Waals surface area contributed by atoms with E-state index in [1.165, 1.54) is 24.3 Å². The molecule has 7 heteroatoms. The monoisotopic (exact) mass is 247 g/mol. The average Bonchev–Trinajstić information content (AvgIpc) is 2.94. The van der Waals surface area contributed by atoms with E-state index in [2.05, 4.69) is 0 Å². The fraction of sp³-hybridized carbons (Fsp3) is 0.400. The SMILES string of the molecule is O=[N+]([O-])c1ccccc1[C@H]1O[C@@H]1CC(F)(F)F. The van der Waals surface area contributed by atoms with Gasteiger partial charge in [0.05, 0.1) is 23.0 Å². The maximum atomic E-state index is 12.1. The van der Waals surface area contributed by atoms with Gasteiger partial charge in [0.15, 0.2) is 0 Å². The Hall–Kier alpha value is -1.63. The summed E-state index contributed by atoms with van der Waals surface area (Å²) in [5, 5.41) is 10.7. The third-order valence-electron chi connectivity index (χ3n) is 2.46. The largest absolute Gasteiger partial charge is 0.391 e. The van der Waals surface area contributed by atoms with Crippen molar-refractivity contribution < 1.29 is 22.8 Å². The van der Waals surface area contributed by atoms with Crippen LogP contribution in [-0.4, -0.2) is 17.2 Å². The fourth-order valence-electron chi connectivity index (χ4n) is 1.69. The Morgan fingerprint density at radius 1 is 1.35 bits per heavy atom. The highest BCUT2D eigenvalue weighted by Crippen LogP contribution is 2.47. The first-order valence-corrected chi connectivity index (χ1v) is 4.84. The van der Waals surface area contributed by atoms with Gasteiger partial charge in [0.2, 0.25) is 0 Å². The van der Waals surface area contributed by atoms with Gasteiger partial charge < -0.3 is 4.74 Å². The minimum absolute atomic E-state index is 0.201. The van der Waals surface area contributed by atoms with E-state index < -0.39 is 29.7 Å². The van der Waals surface area contributed by atoms with E-state index in [4.69, 9.17) is 4.74 Å². The van der Waals surface area contributed by atoms with Crippen LogP contribution in [0.25, 0.3) is 0 Å². The van der Waals surface area contributed by atoms with Gasteiger partial charge in [-0.1, -0.05) is 12.1 Å². The number of epoxide rings is 1. The number of nitro groups is 1. The molecule has 0 saturated carbocycles. The molecule has 1 aliphatic heterocycles. The molecule has 1 aliphatic rings. The fourth-order valence-corrected chi connectivity index (χ4v) is 1.69. The minimum atomic E-state index is -4.32. The molecule has 1 fully saturated rings. The van der Waals surface area contributed by atoms with E-state index in [1.807, 2.05) is 0 Å². The zero-order valence-corrected chi connectivity index (χ0v) is 8.48. The number of ether oxygens (including phenoxy) is 1. The zero-order chi connectivity index (χ0) is 12.6. The average molecular weight is 247 g/mol. The molecule has 0 aliphatic carbocycles. The van der Waals surface area contributed by atoms with Crippen LogP contribution in [0.5, 0.6) is 0 Å². The van der Waals surface area contributed by atoms with Gasteiger partial charge in [0, 0.05) is 6.07 Å². The van der Waals surface area contributed by atoms with E-state index >= 15 is 0 Å². The molecule has 0 aromatic heterocycles. The lowest BCUT2D eigenvalue weighted by atomic mass is 10.1. The highest BCUT2D eigenvalue weighted by atomic mass is 19.4. The summed E-state index contributed by atoms with van der Waals surface area (Å²) in [5.41, 5.74) is -0.00563. The van der Waals surface area contributed by atoms with Crippen molar-refractivity contribution in [1.29, 1.82) is 0 Å². The van der Waals surface area contributed by atoms with Gasteiger partial charge in [-0.05, 0) is 6.07 Å². The van der Waals surface area contributed by atoms with Gasteiger partial charge in [0.1, 0.15) is 6.10 Å². The number of nitrogens with zero attached hydrogens (tertiary/aromatic N) is 1. The van der Waals surface area contributed by atoms with Crippen molar-refractivity contribution in [3.05, 3.63) is 39.9 Å². The quantitative estimate of drug-likeness (QED) is 0.468. The Bertz CT molecular complexity index is 447. The molecule has 0 unspecified atom stereocenters. The Morgan fingerprint density at radius 2 is 2.00 bits per heavy atom. The Kier molecular flexibility index (Phi) is 2.78. The van der Waals surface area contributed by atoms with E-state index in [1.54, 1.807) is 0 Å². The molecule has 0 spiro atoms. The third-order valence-corrected chi connectivity index (χ3v) is 2.46. The lowest BCUT2D eigenvalue weighted by Crippen LogP contribution is -2.11. The molecular formula is C10H8F3NO3. The van der Waals surface area contributed by atoms with Crippen LogP contribution >= 0.6 is 0 Å². The number of nitro benzene ring substituents is 1. The second-order valence-electron chi connectivity index (χ2n) is 3.73. The van der Waals surface area contributed by atoms with E-state index in [9.17, 15) is 23.3 Å². The van der Waals surface area contributed by atoms with Crippen molar-refractivity contribution >= 4 is 5.69 Å². The van der Waals surface area contributed by atoms with Crippen LogP contribution in [0.3, 0.4) is 0 Å². The van der Waals surface area contributed by atoms with Crippen LogP contribution < -0.4 is 0 Å². The van der Waals surface area contributed by atoms with E-state index in [0.29, 0.717) is 0 Å². The Morgan fingerprint density at radius 3 is 2.59 bits per heavy atom. The molecule has 17 heavy (non-hydrogen) atoms. The number of rotatable bonds is 3. The van der Waals surface area contributed by atoms with Gasteiger partial charge in [-0.2, -0.15) is 13.2 Å². The van der Waals surface area contributed by atoms with Crippen LogP contribution in [0.15, 0.2) is 24.3 Å². The highest BCUT2D eigenvalue weighted by molar-refractivity contribution is 5.43. The van der Waals surface area contributed by atoms with Crippen LogP contribution in [0.4, 0.5) is 18.9 Å². The first-order chi connectivity index (χ1) is 7.88. The number of halogens is 3. The van der Waals surface area contributed by atoms with Gasteiger partial charge in [-0.15, -0.1) is 0 Å². The molecule has 1 heterocycles. The Labute approximate surface area is 94.1 Å². The molecule has 0 bridgehead atoms. The number of hydrogen-bond donors (Lipinski definition) is 0. The molecule has 0 N–H and O–H groups in total. The molecule has 2 rings (SSSR count). The molecule has 1 aromatic carbocycles. The van der Waals surface area contributed by atoms with Crippen LogP contribution in [0.2, 0.25) is 0 Å². The maximum absolute atomic E-state index is 12.1. The molecule has 0 radical (unpaired) electrons. The van der Waals surface area contributed by atoms with Crippen molar-refractivity contribution in [2.75, 3.05) is 0 Å². The van der Waals surface area contributed by atoms with Crippen molar-refractivity contribution in [2.45, 2.75) is 24.8 Å². The van der Waals surface area contributed by atoms with Crippen LogP contribution in [-0.2, 0) is 4.74 Å². The predicted octanol–water partition coefficient (Wildman–Crippen LogP) is 2.99. The first kappa shape index (κ1) is 11.8. The number of para-hydroxylation sites is 1. The summed E-state index contributed by atoms with van der Waals surface area (Å²) in [6.07, 6.45) is -7.22. The summed E-state index contributed by atoms with van der Waals surface area (Å²) in [4.78, 5) is 10.1. The normalized spacial score (nSPS) is 23.5. The van der Waals surface area contributed by atoms with Crippen molar-refractivity contribution in [3.63, 3.8) is 0 Å². The summed E-state index contributed by atoms with van der Waals surface area (Å²) in [5.74, 6) is 0. The predicted molar refractivity (Wildman–Crippen MR) is 51.4 cm³/mol. The van der Waals surface area contributed by atoms with E-state index in [0.717, 1.165) is 0 Å². The second-order valence-corrected chi connectivity index (χ2v) is 3.73. The highest BCUT2D eigenvalue weighted by Gasteiger charge is 2.49. The minimum Gasteiger partial charge on any atom is -0.364 e. The molecule has 4 nitrogen and oxygen atoms in total.